The molecule has 1 aliphatic rings. The molecule has 1 aromatic carbocycles. The van der Waals surface area contributed by atoms with Gasteiger partial charge >= 0.3 is 0 Å². The van der Waals surface area contributed by atoms with Gasteiger partial charge in [0, 0.05) is 58.9 Å². The van der Waals surface area contributed by atoms with Crippen molar-refractivity contribution < 1.29 is 0 Å². The molecular formula is C21H34IN7. The van der Waals surface area contributed by atoms with Crippen LogP contribution >= 0.6 is 24.0 Å². The van der Waals surface area contributed by atoms with Gasteiger partial charge in [0.25, 0.3) is 0 Å². The largest absolute Gasteiger partial charge is 0.372 e. The molecule has 3 rings (SSSR count). The summed E-state index contributed by atoms with van der Waals surface area (Å²) in [5, 5.41) is 11.5. The number of aryl methyl sites for hydroxylation is 1. The van der Waals surface area contributed by atoms with Crippen LogP contribution in [0, 0.1) is 0 Å². The molecule has 0 radical (unpaired) electrons. The van der Waals surface area contributed by atoms with Crippen LogP contribution in [0.2, 0.25) is 0 Å². The molecule has 29 heavy (non-hydrogen) atoms. The van der Waals surface area contributed by atoms with E-state index >= 15 is 0 Å². The molecule has 0 saturated carbocycles. The number of aliphatic imine (C=N–C) groups is 1. The van der Waals surface area contributed by atoms with Gasteiger partial charge < -0.3 is 19.7 Å². The van der Waals surface area contributed by atoms with Crippen LogP contribution in [-0.4, -0.2) is 59.4 Å². The molecule has 8 heteroatoms. The highest BCUT2D eigenvalue weighted by Gasteiger charge is 2.11. The van der Waals surface area contributed by atoms with E-state index in [1.54, 1.807) is 6.33 Å². The summed E-state index contributed by atoms with van der Waals surface area (Å²) in [6.07, 6.45) is 6.66. The summed E-state index contributed by atoms with van der Waals surface area (Å²) in [6.45, 7) is 6.90. The molecule has 160 valence electrons. The zero-order chi connectivity index (χ0) is 19.8. The number of anilines is 1. The van der Waals surface area contributed by atoms with Gasteiger partial charge in [-0.05, 0) is 37.0 Å². The number of rotatable bonds is 7. The second kappa shape index (κ2) is 12.0. The van der Waals surface area contributed by atoms with Crippen molar-refractivity contribution in [2.45, 2.75) is 45.7 Å². The summed E-state index contributed by atoms with van der Waals surface area (Å²) in [7, 11) is 3.90. The molecule has 1 saturated heterocycles. The van der Waals surface area contributed by atoms with Crippen LogP contribution in [0.5, 0.6) is 0 Å². The third-order valence-corrected chi connectivity index (χ3v) is 5.30. The van der Waals surface area contributed by atoms with Gasteiger partial charge in [-0.25, -0.2) is 0 Å². The monoisotopic (exact) mass is 511 g/mol. The van der Waals surface area contributed by atoms with Crippen molar-refractivity contribution in [1.82, 2.24) is 25.0 Å². The highest BCUT2D eigenvalue weighted by Crippen LogP contribution is 2.20. The van der Waals surface area contributed by atoms with Crippen molar-refractivity contribution in [2.75, 3.05) is 38.6 Å². The second-order valence-electron chi connectivity index (χ2n) is 7.34. The van der Waals surface area contributed by atoms with Gasteiger partial charge in [0.15, 0.2) is 5.96 Å². The smallest absolute Gasteiger partial charge is 0.193 e. The number of hydrogen-bond acceptors (Lipinski definition) is 4. The van der Waals surface area contributed by atoms with Crippen LogP contribution in [0.25, 0.3) is 0 Å². The van der Waals surface area contributed by atoms with Crippen LogP contribution < -0.4 is 10.2 Å². The molecule has 0 bridgehead atoms. The van der Waals surface area contributed by atoms with Crippen molar-refractivity contribution in [1.29, 1.82) is 0 Å². The summed E-state index contributed by atoms with van der Waals surface area (Å²) in [5.41, 5.74) is 2.63. The van der Waals surface area contributed by atoms with E-state index in [1.807, 2.05) is 7.05 Å². The molecule has 2 heterocycles. The first kappa shape index (κ1) is 23.4. The Morgan fingerprint density at radius 3 is 2.55 bits per heavy atom. The third-order valence-electron chi connectivity index (χ3n) is 5.30. The summed E-state index contributed by atoms with van der Waals surface area (Å²) >= 11 is 0. The maximum absolute atomic E-state index is 4.42. The first-order chi connectivity index (χ1) is 13.7. The van der Waals surface area contributed by atoms with E-state index < -0.39 is 0 Å². The van der Waals surface area contributed by atoms with E-state index in [4.69, 9.17) is 0 Å². The van der Waals surface area contributed by atoms with Gasteiger partial charge in [0.1, 0.15) is 12.2 Å². The molecule has 0 aliphatic carbocycles. The van der Waals surface area contributed by atoms with E-state index in [9.17, 15) is 0 Å². The number of benzene rings is 1. The summed E-state index contributed by atoms with van der Waals surface area (Å²) < 4.78 is 2.08. The van der Waals surface area contributed by atoms with E-state index in [1.165, 1.54) is 43.6 Å². The first-order valence-electron chi connectivity index (χ1n) is 10.3. The van der Waals surface area contributed by atoms with Crippen molar-refractivity contribution >= 4 is 35.6 Å². The normalized spacial score (nSPS) is 14.4. The van der Waals surface area contributed by atoms with Gasteiger partial charge in [0.2, 0.25) is 0 Å². The lowest BCUT2D eigenvalue weighted by Gasteiger charge is -2.29. The predicted octanol–water partition coefficient (Wildman–Crippen LogP) is 3.16. The van der Waals surface area contributed by atoms with E-state index in [0.29, 0.717) is 0 Å². The summed E-state index contributed by atoms with van der Waals surface area (Å²) in [4.78, 5) is 9.07. The number of nitrogens with zero attached hydrogens (tertiary/aromatic N) is 6. The van der Waals surface area contributed by atoms with Gasteiger partial charge in [0.05, 0.1) is 0 Å². The quantitative estimate of drug-likeness (QED) is 0.352. The fourth-order valence-corrected chi connectivity index (χ4v) is 3.73. The molecular weight excluding hydrogens is 477 g/mol. The summed E-state index contributed by atoms with van der Waals surface area (Å²) in [5.74, 6) is 1.91. The Labute approximate surface area is 191 Å². The lowest BCUT2D eigenvalue weighted by Crippen LogP contribution is -2.39. The minimum absolute atomic E-state index is 0. The van der Waals surface area contributed by atoms with Crippen LogP contribution in [0.1, 0.15) is 37.6 Å². The SMILES string of the molecule is CCc1nncn1CCNC(=NC)N(C)Cc1ccc(N2CCCCC2)cc1.I. The molecule has 0 spiro atoms. The van der Waals surface area contributed by atoms with E-state index in [2.05, 4.69) is 73.1 Å². The number of piperidine rings is 1. The fraction of sp³-hybridized carbons (Fsp3) is 0.571. The number of nitrogens with one attached hydrogen (secondary N) is 1. The average Bonchev–Trinajstić information content (AvgIpc) is 3.20. The topological polar surface area (TPSA) is 61.6 Å². The molecule has 2 aromatic rings. The van der Waals surface area contributed by atoms with Crippen molar-refractivity contribution in [2.24, 2.45) is 4.99 Å². The Balaban J connectivity index is 0.00000300. The maximum Gasteiger partial charge on any atom is 0.193 e. The van der Waals surface area contributed by atoms with Crippen LogP contribution in [-0.2, 0) is 19.5 Å². The highest BCUT2D eigenvalue weighted by atomic mass is 127. The van der Waals surface area contributed by atoms with Crippen LogP contribution in [0.3, 0.4) is 0 Å². The Bertz CT molecular complexity index is 751. The lowest BCUT2D eigenvalue weighted by atomic mass is 10.1. The standard InChI is InChI=1S/C21H33N7.HI/c1-4-20-25-24-17-28(20)15-12-23-21(22-2)26(3)16-18-8-10-19(11-9-18)27-13-6-5-7-14-27;/h8-11,17H,4-7,12-16H2,1-3H3,(H,22,23);1H. The molecule has 0 atom stereocenters. The molecule has 7 nitrogen and oxygen atoms in total. The summed E-state index contributed by atoms with van der Waals surface area (Å²) in [6, 6.07) is 8.98. The first-order valence-corrected chi connectivity index (χ1v) is 10.3. The van der Waals surface area contributed by atoms with E-state index in [-0.39, 0.29) is 24.0 Å². The molecule has 1 fully saturated rings. The van der Waals surface area contributed by atoms with E-state index in [0.717, 1.165) is 37.8 Å². The Hall–Kier alpha value is -1.84. The maximum atomic E-state index is 4.42. The fourth-order valence-electron chi connectivity index (χ4n) is 3.73. The molecule has 1 aromatic heterocycles. The van der Waals surface area contributed by atoms with Gasteiger partial charge in [-0.1, -0.05) is 19.1 Å². The van der Waals surface area contributed by atoms with Crippen molar-refractivity contribution in [3.63, 3.8) is 0 Å². The minimum Gasteiger partial charge on any atom is -0.372 e. The average molecular weight is 511 g/mol. The Kier molecular flexibility index (Phi) is 9.69. The van der Waals surface area contributed by atoms with Gasteiger partial charge in [-0.2, -0.15) is 0 Å². The predicted molar refractivity (Wildman–Crippen MR) is 130 cm³/mol. The van der Waals surface area contributed by atoms with Crippen molar-refractivity contribution in [3.8, 4) is 0 Å². The minimum atomic E-state index is 0. The third kappa shape index (κ3) is 6.58. The van der Waals surface area contributed by atoms with Crippen LogP contribution in [0.4, 0.5) is 5.69 Å². The zero-order valence-electron chi connectivity index (χ0n) is 17.8. The number of hydrogen-bond donors (Lipinski definition) is 1. The van der Waals surface area contributed by atoms with Gasteiger partial charge in [-0.3, -0.25) is 4.99 Å². The zero-order valence-corrected chi connectivity index (χ0v) is 20.2. The van der Waals surface area contributed by atoms with Crippen LogP contribution in [0.15, 0.2) is 35.6 Å². The number of guanidine groups is 1. The molecule has 0 unspecified atom stereocenters. The second-order valence-corrected chi connectivity index (χ2v) is 7.34. The molecule has 1 N–H and O–H groups in total. The number of halogens is 1. The van der Waals surface area contributed by atoms with Gasteiger partial charge in [-0.15, -0.1) is 34.2 Å². The number of aromatic nitrogens is 3. The lowest BCUT2D eigenvalue weighted by molar-refractivity contribution is 0.472. The Morgan fingerprint density at radius 1 is 1.17 bits per heavy atom. The van der Waals surface area contributed by atoms with Crippen molar-refractivity contribution in [3.05, 3.63) is 42.0 Å². The Morgan fingerprint density at radius 2 is 1.90 bits per heavy atom. The molecule has 1 aliphatic heterocycles. The highest BCUT2D eigenvalue weighted by molar-refractivity contribution is 14.0. The molecule has 0 amide bonds.